The second kappa shape index (κ2) is 6.31. The van der Waals surface area contributed by atoms with Crippen LogP contribution in [0.15, 0.2) is 103 Å². The Morgan fingerprint density at radius 3 is 2.08 bits per heavy atom. The lowest BCUT2D eigenvalue weighted by atomic mass is 9.82. The molecule has 0 nitrogen and oxygen atoms in total. The van der Waals surface area contributed by atoms with Crippen LogP contribution in [0.25, 0.3) is 27.1 Å². The number of hydrogen-bond acceptors (Lipinski definition) is 0. The van der Waals surface area contributed by atoms with Crippen molar-refractivity contribution in [1.82, 2.24) is 0 Å². The van der Waals surface area contributed by atoms with Crippen LogP contribution in [0.5, 0.6) is 0 Å². The molecular weight excluding hydrogens is 312 g/mol. The zero-order valence-corrected chi connectivity index (χ0v) is 14.5. The molecule has 0 amide bonds. The van der Waals surface area contributed by atoms with Gasteiger partial charge in [0, 0.05) is 12.3 Å². The van der Waals surface area contributed by atoms with Crippen molar-refractivity contribution in [2.45, 2.75) is 5.92 Å². The molecule has 123 valence electrons. The zero-order chi connectivity index (χ0) is 17.3. The summed E-state index contributed by atoms with van der Waals surface area (Å²) in [7, 11) is 0. The molecule has 0 bridgehead atoms. The van der Waals surface area contributed by atoms with Crippen LogP contribution in [0, 0.1) is 6.42 Å². The van der Waals surface area contributed by atoms with Gasteiger partial charge in [-0.15, -0.1) is 0 Å². The molecule has 0 saturated heterocycles. The summed E-state index contributed by atoms with van der Waals surface area (Å²) < 4.78 is 0. The maximum absolute atomic E-state index is 2.39. The molecule has 0 saturated carbocycles. The fourth-order valence-electron chi connectivity index (χ4n) is 3.97. The first kappa shape index (κ1) is 15.2. The van der Waals surface area contributed by atoms with E-state index in [4.69, 9.17) is 0 Å². The fraction of sp³-hybridized carbons (Fsp3) is 0.0385. The summed E-state index contributed by atoms with van der Waals surface area (Å²) >= 11 is 0. The van der Waals surface area contributed by atoms with E-state index in [9.17, 15) is 0 Å². The molecule has 1 aliphatic rings. The average molecular weight is 331 g/mol. The van der Waals surface area contributed by atoms with Gasteiger partial charge in [0.05, 0.1) is 0 Å². The fourth-order valence-corrected chi connectivity index (χ4v) is 3.97. The molecule has 1 unspecified atom stereocenters. The van der Waals surface area contributed by atoms with Crippen LogP contribution in [-0.2, 0) is 0 Å². The number of hydrogen-bond donors (Lipinski definition) is 0. The summed E-state index contributed by atoms with van der Waals surface area (Å²) in [6, 6.07) is 30.4. The van der Waals surface area contributed by atoms with Crippen molar-refractivity contribution in [3.8, 4) is 0 Å². The summed E-state index contributed by atoms with van der Waals surface area (Å²) in [6.07, 6.45) is 9.10. The maximum atomic E-state index is 2.39. The van der Waals surface area contributed by atoms with Crippen LogP contribution in [0.2, 0.25) is 0 Å². The summed E-state index contributed by atoms with van der Waals surface area (Å²) in [6.45, 7) is 0. The molecule has 5 rings (SSSR count). The molecule has 0 aliphatic heterocycles. The molecule has 0 heteroatoms. The quantitative estimate of drug-likeness (QED) is 0.373. The van der Waals surface area contributed by atoms with Crippen molar-refractivity contribution in [2.24, 2.45) is 0 Å². The van der Waals surface area contributed by atoms with E-state index in [1.165, 1.54) is 38.2 Å². The second-order valence-corrected chi connectivity index (χ2v) is 6.79. The van der Waals surface area contributed by atoms with Gasteiger partial charge in [-0.25, -0.2) is 0 Å². The minimum Gasteiger partial charge on any atom is -0.0763 e. The second-order valence-electron chi connectivity index (χ2n) is 6.79. The molecule has 26 heavy (non-hydrogen) atoms. The first-order valence-corrected chi connectivity index (χ1v) is 9.09. The van der Waals surface area contributed by atoms with Gasteiger partial charge in [-0.05, 0) is 38.2 Å². The van der Waals surface area contributed by atoms with Crippen molar-refractivity contribution in [1.29, 1.82) is 0 Å². The Hall–Kier alpha value is -3.12. The highest BCUT2D eigenvalue weighted by molar-refractivity contribution is 5.97. The van der Waals surface area contributed by atoms with Crippen LogP contribution in [0.4, 0.5) is 0 Å². The van der Waals surface area contributed by atoms with Gasteiger partial charge < -0.3 is 0 Å². The van der Waals surface area contributed by atoms with E-state index < -0.39 is 0 Å². The Balaban J connectivity index is 1.58. The highest BCUT2D eigenvalue weighted by atomic mass is 14.2. The molecule has 0 N–H and O–H groups in total. The van der Waals surface area contributed by atoms with Crippen LogP contribution in [0.3, 0.4) is 0 Å². The standard InChI is InChI=1S/C26H19/c1-3-14-23-19(8-1)10-6-16-25(23)21-12-5-13-22(18-21)26-17-7-11-20-9-2-4-15-24(20)26/h1-18,21H. The number of fused-ring (bicyclic) bond motifs is 2. The van der Waals surface area contributed by atoms with Gasteiger partial charge in [-0.1, -0.05) is 103 Å². The number of allylic oxidation sites excluding steroid dienone is 4. The van der Waals surface area contributed by atoms with Gasteiger partial charge in [0.1, 0.15) is 0 Å². The van der Waals surface area contributed by atoms with Crippen molar-refractivity contribution in [3.05, 3.63) is 121 Å². The van der Waals surface area contributed by atoms with E-state index in [0.29, 0.717) is 5.92 Å². The van der Waals surface area contributed by atoms with Gasteiger partial charge in [0.15, 0.2) is 0 Å². The van der Waals surface area contributed by atoms with Crippen LogP contribution < -0.4 is 0 Å². The van der Waals surface area contributed by atoms with Gasteiger partial charge in [0.2, 0.25) is 0 Å². The summed E-state index contributed by atoms with van der Waals surface area (Å²) in [5, 5.41) is 5.23. The smallest absolute Gasteiger partial charge is 0.0102 e. The Labute approximate surface area is 154 Å². The molecule has 1 aliphatic carbocycles. The van der Waals surface area contributed by atoms with E-state index >= 15 is 0 Å². The highest BCUT2D eigenvalue weighted by Crippen LogP contribution is 2.37. The van der Waals surface area contributed by atoms with Crippen molar-refractivity contribution in [3.63, 3.8) is 0 Å². The molecular formula is C26H19. The normalized spacial score (nSPS) is 16.8. The predicted octanol–water partition coefficient (Wildman–Crippen LogP) is 6.93. The Morgan fingerprint density at radius 2 is 1.23 bits per heavy atom. The van der Waals surface area contributed by atoms with E-state index in [1.807, 2.05) is 0 Å². The maximum Gasteiger partial charge on any atom is 0.0102 e. The first-order chi connectivity index (χ1) is 12.9. The van der Waals surface area contributed by atoms with Gasteiger partial charge >= 0.3 is 0 Å². The molecule has 0 heterocycles. The predicted molar refractivity (Wildman–Crippen MR) is 112 cm³/mol. The average Bonchev–Trinajstić information content (AvgIpc) is 2.73. The Kier molecular flexibility index (Phi) is 3.68. The van der Waals surface area contributed by atoms with E-state index in [2.05, 4.69) is 110 Å². The molecule has 1 radical (unpaired) electrons. The van der Waals surface area contributed by atoms with Gasteiger partial charge in [0.25, 0.3) is 0 Å². The monoisotopic (exact) mass is 331 g/mol. The SMILES string of the molecule is [CH]1C(c2cccc3ccccc23)=CC=CC1c1cccc2ccccc12. The largest absolute Gasteiger partial charge is 0.0763 e. The highest BCUT2D eigenvalue weighted by Gasteiger charge is 2.18. The van der Waals surface area contributed by atoms with Gasteiger partial charge in [-0.3, -0.25) is 0 Å². The third kappa shape index (κ3) is 2.55. The molecule has 1 atom stereocenters. The van der Waals surface area contributed by atoms with E-state index in [1.54, 1.807) is 0 Å². The lowest BCUT2D eigenvalue weighted by Crippen LogP contribution is -2.03. The summed E-state index contributed by atoms with van der Waals surface area (Å²) in [5.41, 5.74) is 3.96. The lowest BCUT2D eigenvalue weighted by Gasteiger charge is -2.21. The minimum atomic E-state index is 0.292. The number of rotatable bonds is 2. The first-order valence-electron chi connectivity index (χ1n) is 9.09. The Bertz CT molecular complexity index is 1150. The summed E-state index contributed by atoms with van der Waals surface area (Å²) in [4.78, 5) is 0. The zero-order valence-electron chi connectivity index (χ0n) is 14.5. The third-order valence-electron chi connectivity index (χ3n) is 5.24. The summed E-state index contributed by atoms with van der Waals surface area (Å²) in [5.74, 6) is 0.292. The van der Waals surface area contributed by atoms with E-state index in [0.717, 1.165) is 0 Å². The topological polar surface area (TPSA) is 0 Å². The third-order valence-corrected chi connectivity index (χ3v) is 5.24. The van der Waals surface area contributed by atoms with Gasteiger partial charge in [-0.2, -0.15) is 0 Å². The van der Waals surface area contributed by atoms with Crippen molar-refractivity contribution in [2.75, 3.05) is 0 Å². The van der Waals surface area contributed by atoms with Crippen LogP contribution >= 0.6 is 0 Å². The van der Waals surface area contributed by atoms with Crippen molar-refractivity contribution < 1.29 is 0 Å². The van der Waals surface area contributed by atoms with Crippen molar-refractivity contribution >= 4 is 27.1 Å². The molecule has 0 aromatic heterocycles. The Morgan fingerprint density at radius 1 is 0.577 bits per heavy atom. The molecule has 0 fully saturated rings. The molecule has 4 aromatic carbocycles. The molecule has 4 aromatic rings. The molecule has 0 spiro atoms. The van der Waals surface area contributed by atoms with E-state index in [-0.39, 0.29) is 0 Å². The van der Waals surface area contributed by atoms with Crippen LogP contribution in [0.1, 0.15) is 17.0 Å². The lowest BCUT2D eigenvalue weighted by molar-refractivity contribution is 1.03. The van der Waals surface area contributed by atoms with Crippen LogP contribution in [-0.4, -0.2) is 0 Å². The minimum absolute atomic E-state index is 0.292. The number of benzene rings is 4.